The molecule has 5 aromatic rings. The van der Waals surface area contributed by atoms with Gasteiger partial charge in [0.1, 0.15) is 11.2 Å². The van der Waals surface area contributed by atoms with Crippen molar-refractivity contribution in [3.63, 3.8) is 0 Å². The largest absolute Gasteiger partial charge is 0.455 e. The van der Waals surface area contributed by atoms with Gasteiger partial charge in [-0.1, -0.05) is 84.0 Å². The number of rotatable bonds is 3. The molecule has 0 spiro atoms. The summed E-state index contributed by atoms with van der Waals surface area (Å²) in [6.07, 6.45) is 4.14. The van der Waals surface area contributed by atoms with Crippen LogP contribution in [0.3, 0.4) is 0 Å². The van der Waals surface area contributed by atoms with Crippen LogP contribution in [0, 0.1) is 10.8 Å². The van der Waals surface area contributed by atoms with Crippen molar-refractivity contribution in [1.29, 1.82) is 0 Å². The Morgan fingerprint density at radius 1 is 0.667 bits per heavy atom. The average molecular weight is 436 g/mol. The highest BCUT2D eigenvalue weighted by atomic mass is 16.3. The Morgan fingerprint density at radius 2 is 1.33 bits per heavy atom. The fourth-order valence-electron chi connectivity index (χ4n) is 4.87. The van der Waals surface area contributed by atoms with Crippen LogP contribution in [0.2, 0.25) is 0 Å². The van der Waals surface area contributed by atoms with Gasteiger partial charge in [-0.3, -0.25) is 4.98 Å². The lowest BCUT2D eigenvalue weighted by Gasteiger charge is -2.24. The molecule has 2 aromatic heterocycles. The molecule has 0 saturated carbocycles. The van der Waals surface area contributed by atoms with E-state index in [1.165, 1.54) is 16.5 Å². The summed E-state index contributed by atoms with van der Waals surface area (Å²) in [5, 5.41) is 4.65. The number of pyridine rings is 1. The fourth-order valence-corrected chi connectivity index (χ4v) is 4.87. The van der Waals surface area contributed by atoms with Crippen LogP contribution in [0.4, 0.5) is 0 Å². The van der Waals surface area contributed by atoms with E-state index in [-0.39, 0.29) is 10.8 Å². The van der Waals surface area contributed by atoms with E-state index in [0.717, 1.165) is 51.4 Å². The van der Waals surface area contributed by atoms with Gasteiger partial charge in [-0.05, 0) is 58.4 Å². The third-order valence-electron chi connectivity index (χ3n) is 6.19. The van der Waals surface area contributed by atoms with Crippen molar-refractivity contribution in [3.8, 4) is 11.3 Å². The molecule has 3 aromatic carbocycles. The normalized spacial score (nSPS) is 12.8. The molecule has 0 fully saturated rings. The SMILES string of the molecule is CC(C)(C)Cc1cnc(-c2cccc3c2oc2c4ccccc4ccc32)cc1CC(C)(C)C. The van der Waals surface area contributed by atoms with E-state index in [0.29, 0.717) is 0 Å². The molecule has 0 saturated heterocycles. The summed E-state index contributed by atoms with van der Waals surface area (Å²) in [5.41, 5.74) is 7.08. The molecule has 2 heteroatoms. The molecular weight excluding hydrogens is 402 g/mol. The Balaban J connectivity index is 1.71. The van der Waals surface area contributed by atoms with Gasteiger partial charge < -0.3 is 4.42 Å². The molecule has 168 valence electrons. The van der Waals surface area contributed by atoms with Gasteiger partial charge in [0.2, 0.25) is 0 Å². The second kappa shape index (κ2) is 7.73. The molecule has 33 heavy (non-hydrogen) atoms. The van der Waals surface area contributed by atoms with Crippen LogP contribution in [0.25, 0.3) is 44.0 Å². The van der Waals surface area contributed by atoms with Crippen molar-refractivity contribution in [2.24, 2.45) is 10.8 Å². The predicted molar refractivity (Wildman–Crippen MR) is 141 cm³/mol. The third kappa shape index (κ3) is 4.27. The maximum absolute atomic E-state index is 6.56. The zero-order valence-corrected chi connectivity index (χ0v) is 20.6. The van der Waals surface area contributed by atoms with Gasteiger partial charge in [-0.25, -0.2) is 0 Å². The van der Waals surface area contributed by atoms with Gasteiger partial charge >= 0.3 is 0 Å². The second-order valence-electron chi connectivity index (χ2n) is 11.8. The molecule has 5 rings (SSSR count). The number of nitrogens with zero attached hydrogens (tertiary/aromatic N) is 1. The number of hydrogen-bond acceptors (Lipinski definition) is 2. The van der Waals surface area contributed by atoms with Crippen LogP contribution < -0.4 is 0 Å². The van der Waals surface area contributed by atoms with E-state index in [9.17, 15) is 0 Å². The van der Waals surface area contributed by atoms with Crippen LogP contribution in [-0.2, 0) is 12.8 Å². The Kier molecular flexibility index (Phi) is 5.08. The minimum atomic E-state index is 0.204. The number of fused-ring (bicyclic) bond motifs is 5. The van der Waals surface area contributed by atoms with Gasteiger partial charge in [0, 0.05) is 27.9 Å². The topological polar surface area (TPSA) is 26.0 Å². The number of furan rings is 1. The summed E-state index contributed by atoms with van der Waals surface area (Å²) in [6.45, 7) is 13.8. The van der Waals surface area contributed by atoms with Crippen LogP contribution in [0.5, 0.6) is 0 Å². The van der Waals surface area contributed by atoms with E-state index in [2.05, 4.69) is 108 Å². The summed E-state index contributed by atoms with van der Waals surface area (Å²) in [7, 11) is 0. The van der Waals surface area contributed by atoms with Crippen LogP contribution in [0.1, 0.15) is 52.7 Å². The third-order valence-corrected chi connectivity index (χ3v) is 6.19. The van der Waals surface area contributed by atoms with Crippen LogP contribution in [0.15, 0.2) is 71.3 Å². The molecule has 0 unspecified atom stereocenters. The first-order chi connectivity index (χ1) is 15.6. The molecule has 0 aliphatic heterocycles. The lowest BCUT2D eigenvalue weighted by Crippen LogP contribution is -2.15. The molecule has 0 aliphatic carbocycles. The zero-order chi connectivity index (χ0) is 23.4. The first-order valence-electron chi connectivity index (χ1n) is 11.9. The molecule has 2 nitrogen and oxygen atoms in total. The highest BCUT2D eigenvalue weighted by Gasteiger charge is 2.21. The highest BCUT2D eigenvalue weighted by molar-refractivity contribution is 6.17. The van der Waals surface area contributed by atoms with Gasteiger partial charge in [0.05, 0.1) is 5.69 Å². The monoisotopic (exact) mass is 435 g/mol. The standard InChI is InChI=1S/C31H33NO/c1-30(2,3)17-21-16-27(32-19-22(21)18-31(4,5)6)26-13-9-12-24-25-15-14-20-10-7-8-11-23(20)28(25)33-29(24)26/h7-16,19H,17-18H2,1-6H3. The van der Waals surface area contributed by atoms with Crippen LogP contribution in [-0.4, -0.2) is 4.98 Å². The van der Waals surface area contributed by atoms with E-state index in [4.69, 9.17) is 9.40 Å². The lowest BCUT2D eigenvalue weighted by molar-refractivity contribution is 0.392. The first-order valence-corrected chi connectivity index (χ1v) is 11.9. The van der Waals surface area contributed by atoms with Gasteiger partial charge in [0.25, 0.3) is 0 Å². The molecule has 0 aliphatic rings. The minimum absolute atomic E-state index is 0.204. The zero-order valence-electron chi connectivity index (χ0n) is 20.6. The highest BCUT2D eigenvalue weighted by Crippen LogP contribution is 2.39. The first kappa shape index (κ1) is 21.7. The van der Waals surface area contributed by atoms with Crippen molar-refractivity contribution >= 4 is 32.7 Å². The van der Waals surface area contributed by atoms with E-state index < -0.39 is 0 Å². The van der Waals surface area contributed by atoms with Gasteiger partial charge in [-0.15, -0.1) is 0 Å². The Morgan fingerprint density at radius 3 is 2.09 bits per heavy atom. The fraction of sp³-hybridized carbons (Fsp3) is 0.323. The maximum Gasteiger partial charge on any atom is 0.144 e. The van der Waals surface area contributed by atoms with Crippen molar-refractivity contribution in [2.75, 3.05) is 0 Å². The number of aromatic nitrogens is 1. The molecule has 0 radical (unpaired) electrons. The van der Waals surface area contributed by atoms with Crippen LogP contribution >= 0.6 is 0 Å². The molecule has 0 atom stereocenters. The molecule has 0 bridgehead atoms. The Labute approximate surface area is 196 Å². The molecule has 0 amide bonds. The summed E-state index contributed by atoms with van der Waals surface area (Å²) < 4.78 is 6.56. The number of benzene rings is 3. The second-order valence-corrected chi connectivity index (χ2v) is 11.8. The maximum atomic E-state index is 6.56. The summed E-state index contributed by atoms with van der Waals surface area (Å²) in [4.78, 5) is 4.95. The Bertz CT molecular complexity index is 1470. The van der Waals surface area contributed by atoms with Crippen molar-refractivity contribution < 1.29 is 4.42 Å². The van der Waals surface area contributed by atoms with E-state index >= 15 is 0 Å². The van der Waals surface area contributed by atoms with E-state index in [1.807, 2.05) is 0 Å². The number of hydrogen-bond donors (Lipinski definition) is 0. The van der Waals surface area contributed by atoms with Gasteiger partial charge in [0.15, 0.2) is 0 Å². The predicted octanol–water partition coefficient (Wildman–Crippen LogP) is 8.98. The lowest BCUT2D eigenvalue weighted by atomic mass is 9.81. The minimum Gasteiger partial charge on any atom is -0.455 e. The smallest absolute Gasteiger partial charge is 0.144 e. The quantitative estimate of drug-likeness (QED) is 0.282. The van der Waals surface area contributed by atoms with Gasteiger partial charge in [-0.2, -0.15) is 0 Å². The van der Waals surface area contributed by atoms with Crippen molar-refractivity contribution in [3.05, 3.63) is 78.0 Å². The summed E-state index contributed by atoms with van der Waals surface area (Å²) >= 11 is 0. The average Bonchev–Trinajstić information content (AvgIpc) is 3.12. The summed E-state index contributed by atoms with van der Waals surface area (Å²) in [6, 6.07) is 21.5. The Hall–Kier alpha value is -3.13. The van der Waals surface area contributed by atoms with Crippen molar-refractivity contribution in [2.45, 2.75) is 54.4 Å². The molecule has 0 N–H and O–H groups in total. The van der Waals surface area contributed by atoms with Crippen molar-refractivity contribution in [1.82, 2.24) is 4.98 Å². The number of para-hydroxylation sites is 1. The molecule has 2 heterocycles. The van der Waals surface area contributed by atoms with E-state index in [1.54, 1.807) is 0 Å². The summed E-state index contributed by atoms with van der Waals surface area (Å²) in [5.74, 6) is 0. The molecular formula is C31H33NO.